The van der Waals surface area contributed by atoms with E-state index < -0.39 is 10.8 Å². The fraction of sp³-hybridized carbons (Fsp3) is 0.333. The summed E-state index contributed by atoms with van der Waals surface area (Å²) in [6.45, 7) is 1.72. The molecule has 1 unspecified atom stereocenters. The van der Waals surface area contributed by atoms with E-state index in [0.29, 0.717) is 6.61 Å². The first-order valence-corrected chi connectivity index (χ1v) is 8.70. The summed E-state index contributed by atoms with van der Waals surface area (Å²) in [5, 5.41) is 0. The highest BCUT2D eigenvalue weighted by molar-refractivity contribution is 7.85. The standard InChI is InChI=1S/C18H21NO2S.ClH.H2O/c1-19(2)10-5-11-21-16-8-9-18-15(13-16)12-14-6-3-4-7-17(14)22(18)20;;/h3-4,6-9,13H,5,10-12H2,1-2H3;1H;1H2. The van der Waals surface area contributed by atoms with E-state index in [1.54, 1.807) is 0 Å². The van der Waals surface area contributed by atoms with Crippen LogP contribution in [0, 0.1) is 0 Å². The van der Waals surface area contributed by atoms with E-state index in [1.807, 2.05) is 36.4 Å². The number of rotatable bonds is 5. The molecule has 0 aliphatic carbocycles. The average molecular weight is 370 g/mol. The van der Waals surface area contributed by atoms with Crippen molar-refractivity contribution in [3.05, 3.63) is 53.6 Å². The Labute approximate surface area is 152 Å². The second kappa shape index (κ2) is 9.18. The quantitative estimate of drug-likeness (QED) is 0.649. The van der Waals surface area contributed by atoms with Gasteiger partial charge in [0.1, 0.15) is 5.75 Å². The first kappa shape index (κ1) is 20.6. The molecule has 24 heavy (non-hydrogen) atoms. The minimum absolute atomic E-state index is 0. The van der Waals surface area contributed by atoms with Gasteiger partial charge in [0, 0.05) is 16.3 Å². The molecule has 0 amide bonds. The van der Waals surface area contributed by atoms with Crippen LogP contribution < -0.4 is 4.74 Å². The van der Waals surface area contributed by atoms with Gasteiger partial charge >= 0.3 is 0 Å². The number of benzene rings is 2. The molecular weight excluding hydrogens is 346 g/mol. The second-order valence-corrected chi connectivity index (χ2v) is 7.25. The Morgan fingerprint density at radius 2 is 1.79 bits per heavy atom. The van der Waals surface area contributed by atoms with Gasteiger partial charge in [0.05, 0.1) is 17.4 Å². The molecule has 1 aliphatic heterocycles. The molecule has 6 heteroatoms. The van der Waals surface area contributed by atoms with Crippen molar-refractivity contribution < 1.29 is 14.4 Å². The van der Waals surface area contributed by atoms with Gasteiger partial charge in [-0.25, -0.2) is 4.21 Å². The van der Waals surface area contributed by atoms with Crippen molar-refractivity contribution in [2.75, 3.05) is 27.2 Å². The van der Waals surface area contributed by atoms with Gasteiger partial charge in [0.25, 0.3) is 0 Å². The molecule has 0 bridgehead atoms. The number of hydrogen-bond donors (Lipinski definition) is 0. The molecule has 0 saturated heterocycles. The van der Waals surface area contributed by atoms with Crippen LogP contribution in [0.5, 0.6) is 5.75 Å². The highest BCUT2D eigenvalue weighted by Crippen LogP contribution is 2.33. The first-order valence-electron chi connectivity index (χ1n) is 7.55. The number of ether oxygens (including phenoxy) is 1. The minimum Gasteiger partial charge on any atom is -0.494 e. The van der Waals surface area contributed by atoms with Gasteiger partial charge in [0.2, 0.25) is 0 Å². The van der Waals surface area contributed by atoms with Crippen molar-refractivity contribution in [3.63, 3.8) is 0 Å². The second-order valence-electron chi connectivity index (χ2n) is 5.83. The van der Waals surface area contributed by atoms with Crippen LogP contribution in [0.3, 0.4) is 0 Å². The molecule has 1 atom stereocenters. The maximum absolute atomic E-state index is 12.6. The van der Waals surface area contributed by atoms with Gasteiger partial charge in [-0.2, -0.15) is 0 Å². The molecule has 0 spiro atoms. The predicted octanol–water partition coefficient (Wildman–Crippen LogP) is 2.69. The van der Waals surface area contributed by atoms with Crippen LogP contribution in [0.25, 0.3) is 0 Å². The summed E-state index contributed by atoms with van der Waals surface area (Å²) in [6, 6.07) is 13.9. The zero-order chi connectivity index (χ0) is 15.5. The molecule has 0 radical (unpaired) electrons. The largest absolute Gasteiger partial charge is 0.494 e. The van der Waals surface area contributed by atoms with Crippen molar-refractivity contribution in [3.8, 4) is 5.75 Å². The summed E-state index contributed by atoms with van der Waals surface area (Å²) in [7, 11) is 3.05. The molecule has 4 nitrogen and oxygen atoms in total. The Bertz CT molecular complexity index is 706. The topological polar surface area (TPSA) is 61.0 Å². The van der Waals surface area contributed by atoms with Crippen molar-refractivity contribution in [1.29, 1.82) is 0 Å². The van der Waals surface area contributed by atoms with Crippen molar-refractivity contribution in [1.82, 2.24) is 4.90 Å². The predicted molar refractivity (Wildman–Crippen MR) is 99.9 cm³/mol. The van der Waals surface area contributed by atoms with Crippen LogP contribution in [-0.2, 0) is 17.2 Å². The third kappa shape index (κ3) is 4.57. The minimum atomic E-state index is -1.07. The summed E-state index contributed by atoms with van der Waals surface area (Å²) in [5.74, 6) is 0.869. The Hall–Kier alpha value is -1.40. The van der Waals surface area contributed by atoms with E-state index >= 15 is 0 Å². The van der Waals surface area contributed by atoms with Crippen LogP contribution in [0.2, 0.25) is 0 Å². The lowest BCUT2D eigenvalue weighted by atomic mass is 10.0. The van der Waals surface area contributed by atoms with E-state index in [0.717, 1.165) is 46.1 Å². The van der Waals surface area contributed by atoms with E-state index in [9.17, 15) is 4.21 Å². The van der Waals surface area contributed by atoms with Gasteiger partial charge < -0.3 is 15.1 Å². The van der Waals surface area contributed by atoms with E-state index in [1.165, 1.54) is 0 Å². The summed E-state index contributed by atoms with van der Waals surface area (Å²) < 4.78 is 18.4. The summed E-state index contributed by atoms with van der Waals surface area (Å²) in [4.78, 5) is 4.00. The number of halogens is 1. The average Bonchev–Trinajstić information content (AvgIpc) is 2.51. The molecule has 0 saturated carbocycles. The fourth-order valence-corrected chi connectivity index (χ4v) is 4.07. The molecule has 2 N–H and O–H groups in total. The van der Waals surface area contributed by atoms with Gasteiger partial charge in [-0.15, -0.1) is 12.4 Å². The van der Waals surface area contributed by atoms with Crippen LogP contribution in [0.4, 0.5) is 0 Å². The molecule has 3 rings (SSSR count). The number of fused-ring (bicyclic) bond motifs is 2. The molecule has 0 fully saturated rings. The third-order valence-electron chi connectivity index (χ3n) is 3.80. The lowest BCUT2D eigenvalue weighted by Gasteiger charge is -2.19. The fourth-order valence-electron chi connectivity index (χ4n) is 2.69. The first-order chi connectivity index (χ1) is 10.6. The third-order valence-corrected chi connectivity index (χ3v) is 5.40. The van der Waals surface area contributed by atoms with Gasteiger partial charge in [0.15, 0.2) is 0 Å². The molecule has 1 aliphatic rings. The Morgan fingerprint density at radius 3 is 2.54 bits per heavy atom. The monoisotopic (exact) mass is 369 g/mol. The van der Waals surface area contributed by atoms with Crippen LogP contribution in [0.1, 0.15) is 17.5 Å². The zero-order valence-corrected chi connectivity index (χ0v) is 15.6. The zero-order valence-electron chi connectivity index (χ0n) is 14.0. The highest BCUT2D eigenvalue weighted by atomic mass is 35.5. The molecule has 132 valence electrons. The maximum atomic E-state index is 12.6. The summed E-state index contributed by atoms with van der Waals surface area (Å²) in [6.07, 6.45) is 1.82. The van der Waals surface area contributed by atoms with Crippen molar-refractivity contribution in [2.24, 2.45) is 0 Å². The van der Waals surface area contributed by atoms with Crippen molar-refractivity contribution in [2.45, 2.75) is 22.6 Å². The SMILES string of the molecule is CN(C)CCCOc1ccc2c(c1)Cc1ccccc1S2=O.Cl.O. The van der Waals surface area contributed by atoms with Gasteiger partial charge in [-0.05, 0) is 62.3 Å². The lowest BCUT2D eigenvalue weighted by molar-refractivity contribution is 0.281. The highest BCUT2D eigenvalue weighted by Gasteiger charge is 2.21. The number of hydrogen-bond acceptors (Lipinski definition) is 3. The molecule has 0 aromatic heterocycles. The lowest BCUT2D eigenvalue weighted by Crippen LogP contribution is -2.15. The van der Waals surface area contributed by atoms with E-state index in [-0.39, 0.29) is 17.9 Å². The van der Waals surface area contributed by atoms with Crippen LogP contribution in [-0.4, -0.2) is 41.8 Å². The van der Waals surface area contributed by atoms with Gasteiger partial charge in [-0.1, -0.05) is 18.2 Å². The van der Waals surface area contributed by atoms with E-state index in [2.05, 4.69) is 25.1 Å². The molecule has 2 aromatic carbocycles. The molecule has 2 aromatic rings. The van der Waals surface area contributed by atoms with Crippen LogP contribution in [0.15, 0.2) is 52.3 Å². The van der Waals surface area contributed by atoms with Gasteiger partial charge in [-0.3, -0.25) is 0 Å². The Balaban J connectivity index is 0.00000144. The van der Waals surface area contributed by atoms with E-state index in [4.69, 9.17) is 4.74 Å². The van der Waals surface area contributed by atoms with Crippen molar-refractivity contribution >= 4 is 23.2 Å². The normalized spacial score (nSPS) is 14.9. The number of nitrogens with zero attached hydrogens (tertiary/aromatic N) is 1. The summed E-state index contributed by atoms with van der Waals surface area (Å²) >= 11 is 0. The maximum Gasteiger partial charge on any atom is 0.119 e. The molecule has 1 heterocycles. The Morgan fingerprint density at radius 1 is 1.08 bits per heavy atom. The molecular formula is C18H24ClNO3S. The Kier molecular flexibility index (Phi) is 7.90. The summed E-state index contributed by atoms with van der Waals surface area (Å²) in [5.41, 5.74) is 2.26. The van der Waals surface area contributed by atoms with Crippen LogP contribution >= 0.6 is 12.4 Å². The smallest absolute Gasteiger partial charge is 0.119 e.